The molecular weight excluding hydrogens is 270 g/mol. The molecule has 1 aromatic carbocycles. The highest BCUT2D eigenvalue weighted by Crippen LogP contribution is 2.34. The van der Waals surface area contributed by atoms with Gasteiger partial charge >= 0.3 is 0 Å². The van der Waals surface area contributed by atoms with Crippen molar-refractivity contribution in [2.45, 2.75) is 26.3 Å². The van der Waals surface area contributed by atoms with E-state index < -0.39 is 9.84 Å². The molecule has 20 heavy (non-hydrogen) atoms. The minimum atomic E-state index is -3.12. The third-order valence-electron chi connectivity index (χ3n) is 3.98. The van der Waals surface area contributed by atoms with Crippen molar-refractivity contribution in [3.63, 3.8) is 0 Å². The number of hydrogen-bond acceptors (Lipinski definition) is 3. The summed E-state index contributed by atoms with van der Waals surface area (Å²) < 4.78 is 23.2. The van der Waals surface area contributed by atoms with Gasteiger partial charge in [-0.05, 0) is 23.5 Å². The number of benzene rings is 1. The van der Waals surface area contributed by atoms with E-state index in [9.17, 15) is 8.42 Å². The Kier molecular flexibility index (Phi) is 4.66. The maximum Gasteiger partial charge on any atom is 0.172 e. The normalized spacial score (nSPS) is 19.9. The topological polar surface area (TPSA) is 37.4 Å². The Hall–Kier alpha value is -1.13. The second-order valence-electron chi connectivity index (χ2n) is 5.71. The van der Waals surface area contributed by atoms with Crippen molar-refractivity contribution in [2.24, 2.45) is 5.92 Å². The maximum atomic E-state index is 11.6. The third kappa shape index (κ3) is 3.30. The SMILES string of the molecule is C=CS(=O)(=O)CCN1CCc2ccccc2C1C(C)C. The number of rotatable bonds is 5. The minimum Gasteiger partial charge on any atom is -0.295 e. The molecule has 1 aliphatic rings. The largest absolute Gasteiger partial charge is 0.295 e. The van der Waals surface area contributed by atoms with Gasteiger partial charge in [0, 0.05) is 24.5 Å². The molecule has 0 saturated heterocycles. The average Bonchev–Trinajstić information content (AvgIpc) is 2.44. The first-order chi connectivity index (χ1) is 9.44. The Bertz CT molecular complexity index is 578. The molecule has 1 aromatic rings. The summed E-state index contributed by atoms with van der Waals surface area (Å²) in [5.41, 5.74) is 2.75. The van der Waals surface area contributed by atoms with Crippen LogP contribution in [0.1, 0.15) is 31.0 Å². The fourth-order valence-corrected chi connectivity index (χ4v) is 3.67. The van der Waals surface area contributed by atoms with Gasteiger partial charge in [-0.1, -0.05) is 44.7 Å². The third-order valence-corrected chi connectivity index (χ3v) is 5.24. The first-order valence-corrected chi connectivity index (χ1v) is 8.83. The Balaban J connectivity index is 2.21. The van der Waals surface area contributed by atoms with Crippen LogP contribution in [0.5, 0.6) is 0 Å². The van der Waals surface area contributed by atoms with Crippen molar-refractivity contribution in [3.05, 3.63) is 47.4 Å². The first kappa shape index (κ1) is 15.3. The van der Waals surface area contributed by atoms with E-state index in [1.165, 1.54) is 11.1 Å². The quantitative estimate of drug-likeness (QED) is 0.838. The van der Waals surface area contributed by atoms with Gasteiger partial charge in [0.2, 0.25) is 0 Å². The molecule has 0 amide bonds. The van der Waals surface area contributed by atoms with Crippen LogP contribution in [0.3, 0.4) is 0 Å². The predicted molar refractivity (Wildman–Crippen MR) is 83.3 cm³/mol. The van der Waals surface area contributed by atoms with Crippen molar-refractivity contribution in [1.82, 2.24) is 4.90 Å². The van der Waals surface area contributed by atoms with Gasteiger partial charge in [-0.2, -0.15) is 0 Å². The van der Waals surface area contributed by atoms with E-state index >= 15 is 0 Å². The first-order valence-electron chi connectivity index (χ1n) is 7.11. The molecule has 1 heterocycles. The van der Waals surface area contributed by atoms with E-state index in [0.717, 1.165) is 18.4 Å². The summed E-state index contributed by atoms with van der Waals surface area (Å²) >= 11 is 0. The van der Waals surface area contributed by atoms with Crippen LogP contribution in [-0.2, 0) is 16.3 Å². The zero-order chi connectivity index (χ0) is 14.8. The van der Waals surface area contributed by atoms with Crippen LogP contribution in [0.15, 0.2) is 36.3 Å². The maximum absolute atomic E-state index is 11.6. The highest BCUT2D eigenvalue weighted by atomic mass is 32.2. The summed E-state index contributed by atoms with van der Waals surface area (Å²) in [5.74, 6) is 0.616. The van der Waals surface area contributed by atoms with Crippen molar-refractivity contribution in [1.29, 1.82) is 0 Å². The Morgan fingerprint density at radius 3 is 2.75 bits per heavy atom. The van der Waals surface area contributed by atoms with Crippen LogP contribution in [-0.4, -0.2) is 32.2 Å². The van der Waals surface area contributed by atoms with Crippen molar-refractivity contribution < 1.29 is 8.42 Å². The summed E-state index contributed by atoms with van der Waals surface area (Å²) in [6.07, 6.45) is 0.994. The molecule has 0 saturated carbocycles. The zero-order valence-corrected chi connectivity index (χ0v) is 13.1. The summed E-state index contributed by atoms with van der Waals surface area (Å²) in [4.78, 5) is 2.30. The van der Waals surface area contributed by atoms with E-state index in [4.69, 9.17) is 0 Å². The summed E-state index contributed by atoms with van der Waals surface area (Å²) in [5, 5.41) is 1.06. The summed E-state index contributed by atoms with van der Waals surface area (Å²) in [6.45, 7) is 9.27. The van der Waals surface area contributed by atoms with Gasteiger partial charge in [-0.3, -0.25) is 4.90 Å². The molecule has 0 bridgehead atoms. The lowest BCUT2D eigenvalue weighted by Gasteiger charge is -2.39. The van der Waals surface area contributed by atoms with Gasteiger partial charge in [0.15, 0.2) is 9.84 Å². The molecule has 0 fully saturated rings. The number of fused-ring (bicyclic) bond motifs is 1. The molecule has 3 nitrogen and oxygen atoms in total. The van der Waals surface area contributed by atoms with Crippen LogP contribution in [0.25, 0.3) is 0 Å². The minimum absolute atomic E-state index is 0.155. The Morgan fingerprint density at radius 2 is 2.10 bits per heavy atom. The molecule has 1 aliphatic heterocycles. The molecule has 0 aromatic heterocycles. The molecule has 110 valence electrons. The van der Waals surface area contributed by atoms with Crippen molar-refractivity contribution >= 4 is 9.84 Å². The molecule has 0 spiro atoms. The van der Waals surface area contributed by atoms with Gasteiger partial charge in [0.1, 0.15) is 0 Å². The lowest BCUT2D eigenvalue weighted by molar-refractivity contribution is 0.153. The average molecular weight is 293 g/mol. The second-order valence-corrected chi connectivity index (χ2v) is 7.77. The highest BCUT2D eigenvalue weighted by molar-refractivity contribution is 7.94. The molecule has 2 rings (SSSR count). The van der Waals surface area contributed by atoms with Gasteiger partial charge < -0.3 is 0 Å². The van der Waals surface area contributed by atoms with Gasteiger partial charge in [0.05, 0.1) is 5.75 Å². The van der Waals surface area contributed by atoms with E-state index in [1.807, 2.05) is 0 Å². The van der Waals surface area contributed by atoms with Crippen molar-refractivity contribution in [3.8, 4) is 0 Å². The lowest BCUT2D eigenvalue weighted by Crippen LogP contribution is -2.40. The second kappa shape index (κ2) is 6.10. The van der Waals surface area contributed by atoms with Gasteiger partial charge in [-0.25, -0.2) is 8.42 Å². The van der Waals surface area contributed by atoms with Gasteiger partial charge in [0.25, 0.3) is 0 Å². The number of nitrogens with zero attached hydrogens (tertiary/aromatic N) is 1. The fraction of sp³-hybridized carbons (Fsp3) is 0.500. The molecular formula is C16H23NO2S. The molecule has 0 aliphatic carbocycles. The standard InChI is InChI=1S/C16H23NO2S/c1-4-20(18,19)12-11-17-10-9-14-7-5-6-8-15(14)16(17)13(2)3/h4-8,13,16H,1,9-12H2,2-3H3. The Morgan fingerprint density at radius 1 is 1.40 bits per heavy atom. The number of hydrogen-bond donors (Lipinski definition) is 0. The smallest absolute Gasteiger partial charge is 0.172 e. The Labute approximate surface area is 122 Å². The molecule has 0 N–H and O–H groups in total. The highest BCUT2D eigenvalue weighted by Gasteiger charge is 2.29. The molecule has 1 atom stereocenters. The number of sulfone groups is 1. The van der Waals surface area contributed by atoms with E-state index in [-0.39, 0.29) is 5.75 Å². The van der Waals surface area contributed by atoms with Crippen LogP contribution in [0.2, 0.25) is 0 Å². The van der Waals surface area contributed by atoms with E-state index in [1.54, 1.807) is 0 Å². The van der Waals surface area contributed by atoms with Crippen molar-refractivity contribution in [2.75, 3.05) is 18.8 Å². The monoisotopic (exact) mass is 293 g/mol. The molecule has 4 heteroatoms. The summed E-state index contributed by atoms with van der Waals surface area (Å²) in [6, 6.07) is 8.81. The summed E-state index contributed by atoms with van der Waals surface area (Å²) in [7, 11) is -3.12. The molecule has 1 unspecified atom stereocenters. The van der Waals surface area contributed by atoms with Gasteiger partial charge in [-0.15, -0.1) is 0 Å². The van der Waals surface area contributed by atoms with Crippen LogP contribution in [0, 0.1) is 5.92 Å². The van der Waals surface area contributed by atoms with Crippen LogP contribution >= 0.6 is 0 Å². The van der Waals surface area contributed by atoms with E-state index in [2.05, 4.69) is 49.6 Å². The fourth-order valence-electron chi connectivity index (χ4n) is 3.01. The lowest BCUT2D eigenvalue weighted by atomic mass is 9.86. The van der Waals surface area contributed by atoms with Crippen LogP contribution < -0.4 is 0 Å². The van der Waals surface area contributed by atoms with Crippen LogP contribution in [0.4, 0.5) is 0 Å². The predicted octanol–water partition coefficient (Wildman–Crippen LogP) is 2.80. The molecule has 0 radical (unpaired) electrons. The van der Waals surface area contributed by atoms with E-state index in [0.29, 0.717) is 18.5 Å². The zero-order valence-electron chi connectivity index (χ0n) is 12.2.